The van der Waals surface area contributed by atoms with Crippen LogP contribution in [0.4, 0.5) is 5.69 Å². The van der Waals surface area contributed by atoms with E-state index in [0.29, 0.717) is 6.61 Å². The maximum absolute atomic E-state index is 12.4. The van der Waals surface area contributed by atoms with Gasteiger partial charge in [0.05, 0.1) is 18.6 Å². The fourth-order valence-electron chi connectivity index (χ4n) is 2.90. The molecule has 1 fully saturated rings. The Kier molecular flexibility index (Phi) is 6.16. The number of hydrogen-bond donors (Lipinski definition) is 1. The number of benzene rings is 1. The van der Waals surface area contributed by atoms with Gasteiger partial charge in [-0.1, -0.05) is 18.2 Å². The minimum Gasteiger partial charge on any atom is -0.466 e. The molecule has 0 aliphatic carbocycles. The highest BCUT2D eigenvalue weighted by atomic mass is 16.5. The largest absolute Gasteiger partial charge is 0.466 e. The van der Waals surface area contributed by atoms with Gasteiger partial charge >= 0.3 is 5.97 Å². The van der Waals surface area contributed by atoms with Gasteiger partial charge in [0.25, 0.3) is 0 Å². The van der Waals surface area contributed by atoms with Gasteiger partial charge in [-0.3, -0.25) is 14.5 Å². The topological polar surface area (TPSA) is 58.6 Å². The normalized spacial score (nSPS) is 17.5. The lowest BCUT2D eigenvalue weighted by Gasteiger charge is -2.34. The molecule has 1 aliphatic rings. The first-order valence-corrected chi connectivity index (χ1v) is 8.30. The van der Waals surface area contributed by atoms with Crippen molar-refractivity contribution in [3.05, 3.63) is 29.8 Å². The Labute approximate surface area is 138 Å². The summed E-state index contributed by atoms with van der Waals surface area (Å²) in [6.45, 7) is 7.63. The standard InChI is InChI=1S/C18H26N2O3/c1-4-23-18(22)15-9-11-20(12-10-15)14(3)17(21)19-16-8-6-5-7-13(16)2/h5-8,14-15H,4,9-12H2,1-3H3,(H,19,21)/t14-/m1/s1. The van der Waals surface area contributed by atoms with Gasteiger partial charge in [0.2, 0.25) is 5.91 Å². The predicted octanol–water partition coefficient (Wildman–Crippen LogP) is 2.60. The van der Waals surface area contributed by atoms with Crippen molar-refractivity contribution in [1.82, 2.24) is 4.90 Å². The van der Waals surface area contributed by atoms with Crippen molar-refractivity contribution in [1.29, 1.82) is 0 Å². The van der Waals surface area contributed by atoms with Gasteiger partial charge in [0, 0.05) is 5.69 Å². The third-order valence-corrected chi connectivity index (χ3v) is 4.48. The van der Waals surface area contributed by atoms with Crippen LogP contribution in [0.1, 0.15) is 32.3 Å². The number of hydrogen-bond acceptors (Lipinski definition) is 4. The second-order valence-electron chi connectivity index (χ2n) is 6.04. The first kappa shape index (κ1) is 17.5. The van der Waals surface area contributed by atoms with E-state index in [1.165, 1.54) is 0 Å². The van der Waals surface area contributed by atoms with Gasteiger partial charge in [-0.15, -0.1) is 0 Å². The maximum atomic E-state index is 12.4. The van der Waals surface area contributed by atoms with E-state index in [2.05, 4.69) is 10.2 Å². The Morgan fingerprint density at radius 2 is 1.96 bits per heavy atom. The molecule has 5 nitrogen and oxygen atoms in total. The van der Waals surface area contributed by atoms with Gasteiger partial charge < -0.3 is 10.1 Å². The molecule has 1 aromatic rings. The maximum Gasteiger partial charge on any atom is 0.309 e. The van der Waals surface area contributed by atoms with E-state index < -0.39 is 0 Å². The average Bonchev–Trinajstić information content (AvgIpc) is 2.56. The number of amides is 1. The lowest BCUT2D eigenvalue weighted by atomic mass is 9.96. The van der Waals surface area contributed by atoms with E-state index in [1.807, 2.05) is 45.0 Å². The molecule has 1 aromatic carbocycles. The molecule has 1 amide bonds. The van der Waals surface area contributed by atoms with Gasteiger partial charge in [-0.05, 0) is 58.3 Å². The fourth-order valence-corrected chi connectivity index (χ4v) is 2.90. The molecule has 23 heavy (non-hydrogen) atoms. The monoisotopic (exact) mass is 318 g/mol. The molecular formula is C18H26N2O3. The van der Waals surface area contributed by atoms with Crippen molar-refractivity contribution >= 4 is 17.6 Å². The van der Waals surface area contributed by atoms with Crippen LogP contribution in [-0.4, -0.2) is 42.5 Å². The fraction of sp³-hybridized carbons (Fsp3) is 0.556. The Bertz CT molecular complexity index is 551. The van der Waals surface area contributed by atoms with Crippen molar-refractivity contribution in [2.75, 3.05) is 25.0 Å². The zero-order valence-electron chi connectivity index (χ0n) is 14.2. The van der Waals surface area contributed by atoms with Gasteiger partial charge in [-0.25, -0.2) is 0 Å². The van der Waals surface area contributed by atoms with E-state index in [4.69, 9.17) is 4.74 Å². The Morgan fingerprint density at radius 3 is 2.57 bits per heavy atom. The van der Waals surface area contributed by atoms with Crippen LogP contribution in [0, 0.1) is 12.8 Å². The van der Waals surface area contributed by atoms with Crippen LogP contribution in [0.15, 0.2) is 24.3 Å². The van der Waals surface area contributed by atoms with Crippen LogP contribution in [0.5, 0.6) is 0 Å². The van der Waals surface area contributed by atoms with Crippen LogP contribution in [-0.2, 0) is 14.3 Å². The number of anilines is 1. The van der Waals surface area contributed by atoms with Gasteiger partial charge in [-0.2, -0.15) is 0 Å². The summed E-state index contributed by atoms with van der Waals surface area (Å²) in [4.78, 5) is 26.3. The molecule has 0 spiro atoms. The molecule has 126 valence electrons. The van der Waals surface area contributed by atoms with Crippen LogP contribution >= 0.6 is 0 Å². The molecule has 0 radical (unpaired) electrons. The lowest BCUT2D eigenvalue weighted by Crippen LogP contribution is -2.47. The number of para-hydroxylation sites is 1. The highest BCUT2D eigenvalue weighted by Crippen LogP contribution is 2.21. The molecule has 1 atom stereocenters. The first-order chi connectivity index (χ1) is 11.0. The molecule has 0 unspecified atom stereocenters. The Hall–Kier alpha value is -1.88. The van der Waals surface area contributed by atoms with Crippen molar-refractivity contribution in [3.63, 3.8) is 0 Å². The third kappa shape index (κ3) is 4.55. The molecule has 1 heterocycles. The molecule has 1 N–H and O–H groups in total. The number of aryl methyl sites for hydroxylation is 1. The molecule has 2 rings (SSSR count). The third-order valence-electron chi connectivity index (χ3n) is 4.48. The number of esters is 1. The summed E-state index contributed by atoms with van der Waals surface area (Å²) in [5.74, 6) is -0.143. The number of piperidine rings is 1. The van der Waals surface area contributed by atoms with Crippen molar-refractivity contribution in [2.24, 2.45) is 5.92 Å². The summed E-state index contributed by atoms with van der Waals surface area (Å²) in [5, 5.41) is 2.99. The molecular weight excluding hydrogens is 292 g/mol. The molecule has 0 saturated carbocycles. The van der Waals surface area contributed by atoms with E-state index >= 15 is 0 Å². The van der Waals surface area contributed by atoms with Crippen molar-refractivity contribution < 1.29 is 14.3 Å². The number of carbonyl (C=O) groups is 2. The Balaban J connectivity index is 1.87. The smallest absolute Gasteiger partial charge is 0.309 e. The molecule has 1 aliphatic heterocycles. The van der Waals surface area contributed by atoms with E-state index in [9.17, 15) is 9.59 Å². The number of rotatable bonds is 5. The highest BCUT2D eigenvalue weighted by Gasteiger charge is 2.30. The SMILES string of the molecule is CCOC(=O)C1CCN([C@H](C)C(=O)Nc2ccccc2C)CC1. The predicted molar refractivity (Wildman–Crippen MR) is 90.2 cm³/mol. The number of likely N-dealkylation sites (tertiary alicyclic amines) is 1. The van der Waals surface area contributed by atoms with Crippen LogP contribution in [0.3, 0.4) is 0 Å². The average molecular weight is 318 g/mol. The lowest BCUT2D eigenvalue weighted by molar-refractivity contribution is -0.149. The zero-order chi connectivity index (χ0) is 16.8. The second-order valence-corrected chi connectivity index (χ2v) is 6.04. The van der Waals surface area contributed by atoms with Crippen molar-refractivity contribution in [3.8, 4) is 0 Å². The van der Waals surface area contributed by atoms with Crippen LogP contribution in [0.25, 0.3) is 0 Å². The summed E-state index contributed by atoms with van der Waals surface area (Å²) in [6.07, 6.45) is 1.50. The number of nitrogens with one attached hydrogen (secondary N) is 1. The minimum absolute atomic E-state index is 0.00566. The summed E-state index contributed by atoms with van der Waals surface area (Å²) in [6, 6.07) is 7.54. The molecule has 0 bridgehead atoms. The summed E-state index contributed by atoms with van der Waals surface area (Å²) >= 11 is 0. The van der Waals surface area contributed by atoms with Gasteiger partial charge in [0.15, 0.2) is 0 Å². The summed E-state index contributed by atoms with van der Waals surface area (Å²) in [5.41, 5.74) is 1.90. The molecule has 1 saturated heterocycles. The second kappa shape index (κ2) is 8.11. The minimum atomic E-state index is -0.210. The number of ether oxygens (including phenoxy) is 1. The van der Waals surface area contributed by atoms with E-state index in [1.54, 1.807) is 0 Å². The first-order valence-electron chi connectivity index (χ1n) is 8.30. The van der Waals surface area contributed by atoms with Crippen LogP contribution in [0.2, 0.25) is 0 Å². The summed E-state index contributed by atoms with van der Waals surface area (Å²) < 4.78 is 5.08. The van der Waals surface area contributed by atoms with Gasteiger partial charge in [0.1, 0.15) is 0 Å². The summed E-state index contributed by atoms with van der Waals surface area (Å²) in [7, 11) is 0. The molecule has 5 heteroatoms. The quantitative estimate of drug-likeness (QED) is 0.848. The number of carbonyl (C=O) groups excluding carboxylic acids is 2. The Morgan fingerprint density at radius 1 is 1.30 bits per heavy atom. The highest BCUT2D eigenvalue weighted by molar-refractivity contribution is 5.95. The van der Waals surface area contributed by atoms with Crippen molar-refractivity contribution in [2.45, 2.75) is 39.7 Å². The van der Waals surface area contributed by atoms with Crippen LogP contribution < -0.4 is 5.32 Å². The zero-order valence-corrected chi connectivity index (χ0v) is 14.2. The number of nitrogens with zero attached hydrogens (tertiary/aromatic N) is 1. The van der Waals surface area contributed by atoms with E-state index in [0.717, 1.165) is 37.2 Å². The van der Waals surface area contributed by atoms with E-state index in [-0.39, 0.29) is 23.8 Å². The molecule has 0 aromatic heterocycles.